The van der Waals surface area contributed by atoms with Crippen LogP contribution in [0.3, 0.4) is 0 Å². The zero-order chi connectivity index (χ0) is 14.1. The number of halogens is 1. The third-order valence-electron chi connectivity index (χ3n) is 2.03. The maximum Gasteiger partial charge on any atom is 0.211 e. The first-order valence-corrected chi connectivity index (χ1v) is 6.55. The number of hydrogen-bond acceptors (Lipinski definition) is 4. The number of nitrogens with zero attached hydrogens (tertiary/aromatic N) is 2. The fourth-order valence-electron chi connectivity index (χ4n) is 1.26. The number of nitrogens with two attached hydrogens (primary N) is 2. The van der Waals surface area contributed by atoms with Crippen LogP contribution < -0.4 is 16.2 Å². The molecule has 0 aliphatic carbocycles. The smallest absolute Gasteiger partial charge is 0.211 e. The van der Waals surface area contributed by atoms with E-state index in [0.717, 1.165) is 10.0 Å². The predicted octanol–water partition coefficient (Wildman–Crippen LogP) is 1.47. The fraction of sp³-hybridized carbons (Fsp3) is 0.333. The van der Waals surface area contributed by atoms with Gasteiger partial charge in [0, 0.05) is 16.6 Å². The number of ether oxygens (including phenoxy) is 2. The Bertz CT molecular complexity index is 459. The van der Waals surface area contributed by atoms with Crippen molar-refractivity contribution in [2.24, 2.45) is 21.7 Å². The third-order valence-corrected chi connectivity index (χ3v) is 2.52. The Morgan fingerprint density at radius 2 is 2.16 bits per heavy atom. The maximum absolute atomic E-state index is 5.60. The first-order valence-electron chi connectivity index (χ1n) is 5.75. The van der Waals surface area contributed by atoms with E-state index in [1.807, 2.05) is 25.1 Å². The van der Waals surface area contributed by atoms with Gasteiger partial charge in [-0.2, -0.15) is 5.10 Å². The summed E-state index contributed by atoms with van der Waals surface area (Å²) in [6.07, 6.45) is 1.53. The zero-order valence-electron chi connectivity index (χ0n) is 10.7. The van der Waals surface area contributed by atoms with Crippen LogP contribution >= 0.6 is 15.9 Å². The molecule has 4 N–H and O–H groups in total. The molecule has 19 heavy (non-hydrogen) atoms. The first-order chi connectivity index (χ1) is 9.13. The molecule has 0 aliphatic rings. The van der Waals surface area contributed by atoms with Gasteiger partial charge < -0.3 is 20.9 Å². The lowest BCUT2D eigenvalue weighted by Crippen LogP contribution is -2.21. The minimum Gasteiger partial charge on any atom is -0.491 e. The highest BCUT2D eigenvalue weighted by molar-refractivity contribution is 9.10. The van der Waals surface area contributed by atoms with E-state index in [-0.39, 0.29) is 5.96 Å². The monoisotopic (exact) mass is 328 g/mol. The average molecular weight is 329 g/mol. The van der Waals surface area contributed by atoms with E-state index in [1.165, 1.54) is 6.21 Å². The Hall–Kier alpha value is -1.60. The maximum atomic E-state index is 5.60. The second-order valence-electron chi connectivity index (χ2n) is 3.50. The number of guanidine groups is 1. The number of benzene rings is 1. The van der Waals surface area contributed by atoms with E-state index in [4.69, 9.17) is 20.9 Å². The highest BCUT2D eigenvalue weighted by Gasteiger charge is 2.02. The lowest BCUT2D eigenvalue weighted by molar-refractivity contribution is 0.110. The Balaban J connectivity index is 2.74. The van der Waals surface area contributed by atoms with E-state index in [0.29, 0.717) is 25.6 Å². The second kappa shape index (κ2) is 8.49. The molecule has 0 unspecified atom stereocenters. The molecule has 0 saturated carbocycles. The summed E-state index contributed by atoms with van der Waals surface area (Å²) in [5, 5.41) is 7.31. The molecule has 1 aromatic carbocycles. The van der Waals surface area contributed by atoms with Crippen molar-refractivity contribution in [2.45, 2.75) is 6.92 Å². The summed E-state index contributed by atoms with van der Waals surface area (Å²) < 4.78 is 11.7. The van der Waals surface area contributed by atoms with E-state index in [1.54, 1.807) is 0 Å². The van der Waals surface area contributed by atoms with Crippen LogP contribution in [0, 0.1) is 0 Å². The molecule has 0 amide bonds. The molecule has 0 radical (unpaired) electrons. The molecule has 0 spiro atoms. The van der Waals surface area contributed by atoms with Gasteiger partial charge >= 0.3 is 0 Å². The van der Waals surface area contributed by atoms with Crippen molar-refractivity contribution in [2.75, 3.05) is 19.8 Å². The Morgan fingerprint density at radius 3 is 2.84 bits per heavy atom. The second-order valence-corrected chi connectivity index (χ2v) is 4.41. The summed E-state index contributed by atoms with van der Waals surface area (Å²) in [6, 6.07) is 5.59. The van der Waals surface area contributed by atoms with Gasteiger partial charge in [-0.1, -0.05) is 15.9 Å². The number of rotatable bonds is 7. The van der Waals surface area contributed by atoms with Gasteiger partial charge in [0.2, 0.25) is 5.96 Å². The SMILES string of the molecule is CCOCCOc1ccc(Br)cc1C=NN=C(N)N. The van der Waals surface area contributed by atoms with Gasteiger partial charge in [0.15, 0.2) is 0 Å². The standard InChI is InChI=1S/C12H17BrN4O2/c1-2-18-5-6-19-11-4-3-10(13)7-9(11)8-16-17-12(14)15/h3-4,7-8H,2,5-6H2,1H3,(H4,14,15,17). The van der Waals surface area contributed by atoms with Gasteiger partial charge in [0.05, 0.1) is 12.8 Å². The molecule has 104 valence electrons. The van der Waals surface area contributed by atoms with Crippen molar-refractivity contribution >= 4 is 28.1 Å². The highest BCUT2D eigenvalue weighted by atomic mass is 79.9. The van der Waals surface area contributed by atoms with Crippen LogP contribution in [0.1, 0.15) is 12.5 Å². The van der Waals surface area contributed by atoms with Crippen LogP contribution in [0.4, 0.5) is 0 Å². The zero-order valence-corrected chi connectivity index (χ0v) is 12.3. The van der Waals surface area contributed by atoms with Crippen LogP contribution in [-0.2, 0) is 4.74 Å². The van der Waals surface area contributed by atoms with Gasteiger partial charge in [0.1, 0.15) is 12.4 Å². The molecule has 0 aromatic heterocycles. The van der Waals surface area contributed by atoms with Gasteiger partial charge in [0.25, 0.3) is 0 Å². The largest absolute Gasteiger partial charge is 0.491 e. The molecule has 6 nitrogen and oxygen atoms in total. The van der Waals surface area contributed by atoms with E-state index >= 15 is 0 Å². The molecule has 0 atom stereocenters. The Labute approximate surface area is 120 Å². The van der Waals surface area contributed by atoms with Crippen molar-refractivity contribution in [1.82, 2.24) is 0 Å². The Kier molecular flexibility index (Phi) is 6.91. The van der Waals surface area contributed by atoms with Crippen LogP contribution in [-0.4, -0.2) is 32.0 Å². The number of hydrogen-bond donors (Lipinski definition) is 2. The summed E-state index contributed by atoms with van der Waals surface area (Å²) >= 11 is 3.38. The summed E-state index contributed by atoms with van der Waals surface area (Å²) in [4.78, 5) is 0. The van der Waals surface area contributed by atoms with E-state index in [9.17, 15) is 0 Å². The normalized spacial score (nSPS) is 10.6. The van der Waals surface area contributed by atoms with Crippen LogP contribution in [0.25, 0.3) is 0 Å². The minimum atomic E-state index is -0.0925. The molecule has 7 heteroatoms. The third kappa shape index (κ3) is 6.21. The van der Waals surface area contributed by atoms with E-state index in [2.05, 4.69) is 26.1 Å². The van der Waals surface area contributed by atoms with Gasteiger partial charge in [-0.15, -0.1) is 5.10 Å². The molecular formula is C12H17BrN4O2. The summed E-state index contributed by atoms with van der Waals surface area (Å²) in [5.74, 6) is 0.600. The van der Waals surface area contributed by atoms with Crippen molar-refractivity contribution in [3.63, 3.8) is 0 Å². The van der Waals surface area contributed by atoms with Crippen molar-refractivity contribution in [1.29, 1.82) is 0 Å². The lowest BCUT2D eigenvalue weighted by atomic mass is 10.2. The molecule has 0 bridgehead atoms. The average Bonchev–Trinajstić information content (AvgIpc) is 2.36. The molecule has 0 aliphatic heterocycles. The molecule has 0 fully saturated rings. The van der Waals surface area contributed by atoms with Crippen molar-refractivity contribution < 1.29 is 9.47 Å². The van der Waals surface area contributed by atoms with Gasteiger partial charge in [-0.05, 0) is 25.1 Å². The van der Waals surface area contributed by atoms with Crippen LogP contribution in [0.2, 0.25) is 0 Å². The minimum absolute atomic E-state index is 0.0925. The lowest BCUT2D eigenvalue weighted by Gasteiger charge is -2.09. The first kappa shape index (κ1) is 15.5. The van der Waals surface area contributed by atoms with Gasteiger partial charge in [-0.25, -0.2) is 0 Å². The molecule has 0 heterocycles. The summed E-state index contributed by atoms with van der Waals surface area (Å²) in [6.45, 7) is 3.62. The van der Waals surface area contributed by atoms with Crippen LogP contribution in [0.15, 0.2) is 32.9 Å². The van der Waals surface area contributed by atoms with Crippen LogP contribution in [0.5, 0.6) is 5.75 Å². The van der Waals surface area contributed by atoms with E-state index < -0.39 is 0 Å². The quantitative estimate of drug-likeness (QED) is 0.343. The van der Waals surface area contributed by atoms with Crippen molar-refractivity contribution in [3.05, 3.63) is 28.2 Å². The summed E-state index contributed by atoms with van der Waals surface area (Å²) in [7, 11) is 0. The fourth-order valence-corrected chi connectivity index (χ4v) is 1.64. The highest BCUT2D eigenvalue weighted by Crippen LogP contribution is 2.21. The molecule has 1 aromatic rings. The van der Waals surface area contributed by atoms with Crippen molar-refractivity contribution in [3.8, 4) is 5.75 Å². The topological polar surface area (TPSA) is 95.2 Å². The summed E-state index contributed by atoms with van der Waals surface area (Å²) in [5.41, 5.74) is 11.2. The predicted molar refractivity (Wildman–Crippen MR) is 79.5 cm³/mol. The van der Waals surface area contributed by atoms with Gasteiger partial charge in [-0.3, -0.25) is 0 Å². The molecule has 1 rings (SSSR count). The molecular weight excluding hydrogens is 312 g/mol. The molecule has 0 saturated heterocycles. The Morgan fingerprint density at radius 1 is 1.37 bits per heavy atom.